The molecule has 0 amide bonds. The minimum Gasteiger partial charge on any atom is -0.478 e. The van der Waals surface area contributed by atoms with Gasteiger partial charge in [0.05, 0.1) is 13.0 Å². The lowest BCUT2D eigenvalue weighted by molar-refractivity contribution is -0.142. The third-order valence-electron chi connectivity index (χ3n) is 2.28. The summed E-state index contributed by atoms with van der Waals surface area (Å²) in [6.07, 6.45) is 0. The Bertz CT molecular complexity index is 248. The summed E-state index contributed by atoms with van der Waals surface area (Å²) in [5, 5.41) is 3.12. The number of hydrogen-bond acceptors (Lipinski definition) is 5. The molecule has 0 aromatic rings. The number of carbonyl (C=O) groups is 1. The molecule has 2 aliphatic heterocycles. The fourth-order valence-electron chi connectivity index (χ4n) is 1.34. The maximum atomic E-state index is 11.1. The first-order valence-electron chi connectivity index (χ1n) is 4.30. The lowest BCUT2D eigenvalue weighted by Gasteiger charge is -2.25. The van der Waals surface area contributed by atoms with Crippen LogP contribution in [0.1, 0.15) is 0 Å². The van der Waals surface area contributed by atoms with Gasteiger partial charge in [-0.25, -0.2) is 9.79 Å². The highest BCUT2D eigenvalue weighted by Crippen LogP contribution is 2.15. The van der Waals surface area contributed by atoms with Gasteiger partial charge >= 0.3 is 5.97 Å². The van der Waals surface area contributed by atoms with Crippen LogP contribution in [0.15, 0.2) is 4.99 Å². The molecule has 1 unspecified atom stereocenters. The first kappa shape index (κ1) is 8.50. The van der Waals surface area contributed by atoms with Crippen LogP contribution in [0.3, 0.4) is 0 Å². The van der Waals surface area contributed by atoms with Crippen molar-refractivity contribution in [3.8, 4) is 0 Å². The van der Waals surface area contributed by atoms with Crippen LogP contribution in [-0.4, -0.2) is 44.7 Å². The van der Waals surface area contributed by atoms with Crippen LogP contribution >= 0.6 is 0 Å². The summed E-state index contributed by atoms with van der Waals surface area (Å²) in [5.74, 6) is 0.742. The number of carbonyl (C=O) groups excluding carboxylic acids is 1. The van der Waals surface area contributed by atoms with E-state index in [2.05, 4.69) is 15.0 Å². The Kier molecular flexibility index (Phi) is 2.18. The number of methoxy groups -OCH3 is 1. The molecular formula is C8H12N2O3. The van der Waals surface area contributed by atoms with Crippen LogP contribution < -0.4 is 5.32 Å². The lowest BCUT2D eigenvalue weighted by atomic mass is 10.0. The second-order valence-corrected chi connectivity index (χ2v) is 3.17. The molecule has 1 atom stereocenters. The molecule has 5 heteroatoms. The van der Waals surface area contributed by atoms with Crippen molar-refractivity contribution in [2.45, 2.75) is 6.04 Å². The van der Waals surface area contributed by atoms with Crippen LogP contribution in [0, 0.1) is 5.92 Å². The van der Waals surface area contributed by atoms with Crippen LogP contribution in [-0.2, 0) is 14.3 Å². The molecule has 5 nitrogen and oxygen atoms in total. The van der Waals surface area contributed by atoms with E-state index in [1.165, 1.54) is 7.11 Å². The van der Waals surface area contributed by atoms with Gasteiger partial charge in [-0.05, 0) is 0 Å². The zero-order chi connectivity index (χ0) is 9.26. The number of nitrogens with one attached hydrogen (secondary N) is 1. The number of esters is 1. The molecule has 0 radical (unpaired) electrons. The Labute approximate surface area is 76.1 Å². The maximum absolute atomic E-state index is 11.1. The highest BCUT2D eigenvalue weighted by Gasteiger charge is 2.33. The van der Waals surface area contributed by atoms with Crippen molar-refractivity contribution in [2.75, 3.05) is 26.8 Å². The van der Waals surface area contributed by atoms with E-state index in [-0.39, 0.29) is 5.97 Å². The molecule has 0 spiro atoms. The molecule has 1 saturated heterocycles. The molecule has 0 bridgehead atoms. The zero-order valence-electron chi connectivity index (χ0n) is 7.45. The monoisotopic (exact) mass is 184 g/mol. The second kappa shape index (κ2) is 3.33. The molecule has 2 rings (SSSR count). The Morgan fingerprint density at radius 2 is 2.46 bits per heavy atom. The Hall–Kier alpha value is -1.10. The van der Waals surface area contributed by atoms with Gasteiger partial charge in [-0.3, -0.25) is 0 Å². The van der Waals surface area contributed by atoms with Crippen LogP contribution in [0.5, 0.6) is 0 Å². The first-order chi connectivity index (χ1) is 6.31. The summed E-state index contributed by atoms with van der Waals surface area (Å²) in [5.41, 5.74) is 0. The van der Waals surface area contributed by atoms with Gasteiger partial charge in [-0.1, -0.05) is 0 Å². The summed E-state index contributed by atoms with van der Waals surface area (Å²) >= 11 is 0. The largest absolute Gasteiger partial charge is 0.478 e. The SMILES string of the molecule is COC(=O)C1COC(C2CNC2)=N1. The van der Waals surface area contributed by atoms with Crippen molar-refractivity contribution < 1.29 is 14.3 Å². The lowest BCUT2D eigenvalue weighted by Crippen LogP contribution is -2.46. The molecule has 2 aliphatic rings. The van der Waals surface area contributed by atoms with Gasteiger partial charge in [0, 0.05) is 13.1 Å². The van der Waals surface area contributed by atoms with Crippen molar-refractivity contribution in [3.05, 3.63) is 0 Å². The second-order valence-electron chi connectivity index (χ2n) is 3.17. The van der Waals surface area contributed by atoms with Crippen LogP contribution in [0.4, 0.5) is 0 Å². The fourth-order valence-corrected chi connectivity index (χ4v) is 1.34. The minimum atomic E-state index is -0.444. The van der Waals surface area contributed by atoms with E-state index in [4.69, 9.17) is 4.74 Å². The van der Waals surface area contributed by atoms with Crippen molar-refractivity contribution >= 4 is 11.9 Å². The van der Waals surface area contributed by atoms with Gasteiger partial charge < -0.3 is 14.8 Å². The van der Waals surface area contributed by atoms with Crippen molar-refractivity contribution in [3.63, 3.8) is 0 Å². The molecule has 13 heavy (non-hydrogen) atoms. The minimum absolute atomic E-state index is 0.317. The number of rotatable bonds is 2. The predicted octanol–water partition coefficient (Wildman–Crippen LogP) is -0.824. The van der Waals surface area contributed by atoms with Crippen LogP contribution in [0.25, 0.3) is 0 Å². The summed E-state index contributed by atoms with van der Waals surface area (Å²) < 4.78 is 9.87. The summed E-state index contributed by atoms with van der Waals surface area (Å²) in [7, 11) is 1.36. The third-order valence-corrected chi connectivity index (χ3v) is 2.28. The Balaban J connectivity index is 1.96. The van der Waals surface area contributed by atoms with Gasteiger partial charge in [0.1, 0.15) is 6.61 Å². The summed E-state index contributed by atoms with van der Waals surface area (Å²) in [6.45, 7) is 2.12. The Morgan fingerprint density at radius 1 is 1.69 bits per heavy atom. The van der Waals surface area contributed by atoms with Gasteiger partial charge in [0.25, 0.3) is 0 Å². The quantitative estimate of drug-likeness (QED) is 0.569. The van der Waals surface area contributed by atoms with E-state index in [1.807, 2.05) is 0 Å². The third kappa shape index (κ3) is 1.51. The van der Waals surface area contributed by atoms with E-state index >= 15 is 0 Å². The fraction of sp³-hybridized carbons (Fsp3) is 0.750. The van der Waals surface area contributed by atoms with Gasteiger partial charge in [-0.2, -0.15) is 0 Å². The van der Waals surface area contributed by atoms with E-state index in [0.717, 1.165) is 13.1 Å². The molecular weight excluding hydrogens is 172 g/mol. The van der Waals surface area contributed by atoms with E-state index in [9.17, 15) is 4.79 Å². The topological polar surface area (TPSA) is 59.9 Å². The van der Waals surface area contributed by atoms with E-state index in [0.29, 0.717) is 18.4 Å². The smallest absolute Gasteiger partial charge is 0.334 e. The molecule has 1 N–H and O–H groups in total. The molecule has 72 valence electrons. The summed E-state index contributed by atoms with van der Waals surface area (Å²) in [4.78, 5) is 15.2. The van der Waals surface area contributed by atoms with Gasteiger partial charge in [0.15, 0.2) is 11.9 Å². The molecule has 0 saturated carbocycles. The standard InChI is InChI=1S/C8H12N2O3/c1-12-8(11)6-4-13-7(10-6)5-2-9-3-5/h5-6,9H,2-4H2,1H3. The normalized spacial score (nSPS) is 27.5. The number of nitrogens with zero attached hydrogens (tertiary/aromatic N) is 1. The number of aliphatic imine (C=N–C) groups is 1. The molecule has 0 aromatic carbocycles. The number of hydrogen-bond donors (Lipinski definition) is 1. The van der Waals surface area contributed by atoms with E-state index in [1.54, 1.807) is 0 Å². The molecule has 0 aliphatic carbocycles. The maximum Gasteiger partial charge on any atom is 0.334 e. The molecule has 0 aromatic heterocycles. The van der Waals surface area contributed by atoms with Crippen molar-refractivity contribution in [1.29, 1.82) is 0 Å². The highest BCUT2D eigenvalue weighted by molar-refractivity contribution is 5.87. The van der Waals surface area contributed by atoms with Gasteiger partial charge in [-0.15, -0.1) is 0 Å². The average Bonchev–Trinajstić information content (AvgIpc) is 2.49. The average molecular weight is 184 g/mol. The zero-order valence-corrected chi connectivity index (χ0v) is 7.45. The van der Waals surface area contributed by atoms with Crippen LogP contribution in [0.2, 0.25) is 0 Å². The van der Waals surface area contributed by atoms with E-state index < -0.39 is 6.04 Å². The Morgan fingerprint density at radius 3 is 3.00 bits per heavy atom. The first-order valence-corrected chi connectivity index (χ1v) is 4.30. The summed E-state index contributed by atoms with van der Waals surface area (Å²) in [6, 6.07) is -0.444. The van der Waals surface area contributed by atoms with Crippen molar-refractivity contribution in [2.24, 2.45) is 10.9 Å². The highest BCUT2D eigenvalue weighted by atomic mass is 16.5. The molecule has 2 heterocycles. The predicted molar refractivity (Wildman–Crippen MR) is 45.6 cm³/mol. The van der Waals surface area contributed by atoms with Crippen molar-refractivity contribution in [1.82, 2.24) is 5.32 Å². The number of ether oxygens (including phenoxy) is 2. The molecule has 1 fully saturated rings. The van der Waals surface area contributed by atoms with Gasteiger partial charge in [0.2, 0.25) is 0 Å².